The zero-order valence-electron chi connectivity index (χ0n) is 12.7. The SMILES string of the molecule is COBC(=O)[C@@H]1CC[C@@H](NOCc2ccccc2)CN1C. The molecule has 114 valence electrons. The van der Waals surface area contributed by atoms with E-state index in [0.29, 0.717) is 6.61 Å². The highest BCUT2D eigenvalue weighted by Gasteiger charge is 2.30. The molecule has 0 radical (unpaired) electrons. The van der Waals surface area contributed by atoms with Crippen LogP contribution in [0.3, 0.4) is 0 Å². The number of likely N-dealkylation sites (tertiary alicyclic amines) is 1. The molecule has 0 unspecified atom stereocenters. The summed E-state index contributed by atoms with van der Waals surface area (Å²) in [5.74, 6) is 0. The lowest BCUT2D eigenvalue weighted by molar-refractivity contribution is -0.119. The van der Waals surface area contributed by atoms with Gasteiger partial charge in [0, 0.05) is 19.7 Å². The third kappa shape index (κ3) is 4.93. The Hall–Kier alpha value is -1.21. The third-order valence-corrected chi connectivity index (χ3v) is 3.82. The minimum absolute atomic E-state index is 0.0304. The molecule has 2 atom stereocenters. The molecule has 0 aliphatic carbocycles. The predicted molar refractivity (Wildman–Crippen MR) is 83.0 cm³/mol. The van der Waals surface area contributed by atoms with Crippen LogP contribution in [0.25, 0.3) is 0 Å². The van der Waals surface area contributed by atoms with E-state index in [0.717, 1.165) is 24.9 Å². The molecule has 1 fully saturated rings. The monoisotopic (exact) mass is 290 g/mol. The molecular weight excluding hydrogens is 267 g/mol. The van der Waals surface area contributed by atoms with Gasteiger partial charge in [-0.05, 0) is 25.5 Å². The van der Waals surface area contributed by atoms with E-state index >= 15 is 0 Å². The number of carbonyl (C=O) groups is 1. The summed E-state index contributed by atoms with van der Waals surface area (Å²) >= 11 is 0. The average molecular weight is 290 g/mol. The van der Waals surface area contributed by atoms with Gasteiger partial charge in [0.05, 0.1) is 12.6 Å². The van der Waals surface area contributed by atoms with Crippen molar-refractivity contribution < 1.29 is 14.3 Å². The number of rotatable bonds is 7. The third-order valence-electron chi connectivity index (χ3n) is 3.82. The molecule has 1 N–H and O–H groups in total. The first-order valence-electron chi connectivity index (χ1n) is 7.34. The Morgan fingerprint density at radius 3 is 2.81 bits per heavy atom. The number of hydrogen-bond donors (Lipinski definition) is 1. The molecule has 0 bridgehead atoms. The number of piperidine rings is 1. The van der Waals surface area contributed by atoms with Gasteiger partial charge in [0.15, 0.2) is 0 Å². The molecule has 1 saturated heterocycles. The van der Waals surface area contributed by atoms with E-state index in [1.807, 2.05) is 37.4 Å². The summed E-state index contributed by atoms with van der Waals surface area (Å²) < 4.78 is 4.93. The average Bonchev–Trinajstić information content (AvgIpc) is 2.48. The summed E-state index contributed by atoms with van der Waals surface area (Å²) in [4.78, 5) is 19.5. The summed E-state index contributed by atoms with van der Waals surface area (Å²) in [7, 11) is 3.73. The molecular formula is C15H23BN2O3. The van der Waals surface area contributed by atoms with Gasteiger partial charge < -0.3 is 9.45 Å². The van der Waals surface area contributed by atoms with E-state index in [9.17, 15) is 4.79 Å². The standard InChI is InChI=1S/C15H23BN2O3/c1-18-10-13(8-9-14(18)15(19)16-20-2)17-21-11-12-6-4-3-5-7-12/h3-7,13-14,16-17H,8-11H2,1-2H3/t13-,14+/m1/s1. The van der Waals surface area contributed by atoms with Gasteiger partial charge in [-0.15, -0.1) is 0 Å². The normalized spacial score (nSPS) is 23.0. The molecule has 21 heavy (non-hydrogen) atoms. The van der Waals surface area contributed by atoms with Crippen LogP contribution in [0.1, 0.15) is 18.4 Å². The number of hydroxylamine groups is 1. The molecule has 0 aromatic heterocycles. The lowest BCUT2D eigenvalue weighted by Gasteiger charge is -2.36. The number of nitrogens with zero attached hydrogens (tertiary/aromatic N) is 1. The van der Waals surface area contributed by atoms with Crippen molar-refractivity contribution in [2.75, 3.05) is 20.7 Å². The first kappa shape index (κ1) is 16.2. The molecule has 1 aromatic carbocycles. The molecule has 1 heterocycles. The molecule has 0 amide bonds. The number of carbonyl (C=O) groups excluding carboxylic acids is 1. The Balaban J connectivity index is 1.71. The number of benzene rings is 1. The van der Waals surface area contributed by atoms with Crippen molar-refractivity contribution in [2.45, 2.75) is 31.5 Å². The quantitative estimate of drug-likeness (QED) is 0.591. The highest BCUT2D eigenvalue weighted by Crippen LogP contribution is 2.16. The highest BCUT2D eigenvalue weighted by atomic mass is 16.6. The van der Waals surface area contributed by atoms with Crippen LogP contribution in [0.15, 0.2) is 30.3 Å². The largest absolute Gasteiger partial charge is 0.434 e. The van der Waals surface area contributed by atoms with Gasteiger partial charge in [-0.2, -0.15) is 5.48 Å². The minimum atomic E-state index is -0.0304. The minimum Gasteiger partial charge on any atom is -0.434 e. The van der Waals surface area contributed by atoms with E-state index in [-0.39, 0.29) is 25.2 Å². The summed E-state index contributed by atoms with van der Waals surface area (Å²) in [5, 5.41) is 0. The molecule has 6 heteroatoms. The Labute approximate surface area is 126 Å². The molecule has 5 nitrogen and oxygen atoms in total. The van der Waals surface area contributed by atoms with Crippen LogP contribution in [-0.2, 0) is 20.9 Å². The van der Waals surface area contributed by atoms with Crippen molar-refractivity contribution in [1.29, 1.82) is 0 Å². The van der Waals surface area contributed by atoms with Crippen molar-refractivity contribution in [3.8, 4) is 0 Å². The van der Waals surface area contributed by atoms with E-state index in [1.165, 1.54) is 0 Å². The maximum absolute atomic E-state index is 11.9. The van der Waals surface area contributed by atoms with Crippen molar-refractivity contribution in [3.63, 3.8) is 0 Å². The zero-order valence-corrected chi connectivity index (χ0v) is 12.7. The second-order valence-corrected chi connectivity index (χ2v) is 5.52. The first-order chi connectivity index (χ1) is 10.2. The van der Waals surface area contributed by atoms with Crippen molar-refractivity contribution >= 4 is 13.2 Å². The number of nitrogens with one attached hydrogen (secondary N) is 1. The highest BCUT2D eigenvalue weighted by molar-refractivity contribution is 6.70. The lowest BCUT2D eigenvalue weighted by Crippen LogP contribution is -2.52. The van der Waals surface area contributed by atoms with E-state index in [2.05, 4.69) is 10.4 Å². The summed E-state index contributed by atoms with van der Waals surface area (Å²) in [6.07, 6.45) is 1.77. The molecule has 0 saturated carbocycles. The van der Waals surface area contributed by atoms with Gasteiger partial charge in [0.25, 0.3) is 0 Å². The maximum Gasteiger partial charge on any atom is 0.353 e. The lowest BCUT2D eigenvalue weighted by atomic mass is 9.82. The maximum atomic E-state index is 11.9. The Morgan fingerprint density at radius 1 is 1.38 bits per heavy atom. The Kier molecular flexibility index (Phi) is 6.38. The fourth-order valence-electron chi connectivity index (χ4n) is 2.70. The molecule has 0 spiro atoms. The fourth-order valence-corrected chi connectivity index (χ4v) is 2.70. The van der Waals surface area contributed by atoms with Gasteiger partial charge in [0.1, 0.15) is 5.68 Å². The summed E-state index contributed by atoms with van der Waals surface area (Å²) in [6, 6.07) is 10.3. The van der Waals surface area contributed by atoms with Crippen LogP contribution in [0.4, 0.5) is 0 Å². The topological polar surface area (TPSA) is 50.8 Å². The van der Waals surface area contributed by atoms with Gasteiger partial charge in [-0.1, -0.05) is 30.3 Å². The molecule has 1 aromatic rings. The summed E-state index contributed by atoms with van der Waals surface area (Å²) in [6.45, 7) is 1.35. The van der Waals surface area contributed by atoms with E-state index in [4.69, 9.17) is 9.49 Å². The number of likely N-dealkylation sites (N-methyl/N-ethyl adjacent to an activating group) is 1. The second-order valence-electron chi connectivity index (χ2n) is 5.52. The predicted octanol–water partition coefficient (Wildman–Crippen LogP) is 0.695. The van der Waals surface area contributed by atoms with Crippen LogP contribution in [-0.4, -0.2) is 50.9 Å². The zero-order chi connectivity index (χ0) is 15.1. The van der Waals surface area contributed by atoms with E-state index in [1.54, 1.807) is 7.11 Å². The van der Waals surface area contributed by atoms with Crippen LogP contribution >= 0.6 is 0 Å². The molecule has 1 aliphatic heterocycles. The van der Waals surface area contributed by atoms with Crippen molar-refractivity contribution in [1.82, 2.24) is 10.4 Å². The van der Waals surface area contributed by atoms with Gasteiger partial charge in [-0.25, -0.2) is 0 Å². The van der Waals surface area contributed by atoms with Crippen LogP contribution in [0, 0.1) is 0 Å². The van der Waals surface area contributed by atoms with Crippen LogP contribution < -0.4 is 5.48 Å². The van der Waals surface area contributed by atoms with Crippen LogP contribution in [0.5, 0.6) is 0 Å². The van der Waals surface area contributed by atoms with Gasteiger partial charge >= 0.3 is 7.48 Å². The first-order valence-corrected chi connectivity index (χ1v) is 7.34. The van der Waals surface area contributed by atoms with Gasteiger partial charge in [-0.3, -0.25) is 9.74 Å². The van der Waals surface area contributed by atoms with Crippen molar-refractivity contribution in [2.24, 2.45) is 0 Å². The van der Waals surface area contributed by atoms with Crippen molar-refractivity contribution in [3.05, 3.63) is 35.9 Å². The van der Waals surface area contributed by atoms with E-state index < -0.39 is 0 Å². The number of hydrogen-bond acceptors (Lipinski definition) is 5. The second kappa shape index (κ2) is 8.29. The molecule has 1 aliphatic rings. The molecule has 2 rings (SSSR count). The Bertz CT molecular complexity index is 444. The smallest absolute Gasteiger partial charge is 0.353 e. The van der Waals surface area contributed by atoms with Crippen LogP contribution in [0.2, 0.25) is 0 Å². The summed E-state index contributed by atoms with van der Waals surface area (Å²) in [5.41, 5.74) is 4.40. The Morgan fingerprint density at radius 2 is 2.14 bits per heavy atom. The van der Waals surface area contributed by atoms with Gasteiger partial charge in [0.2, 0.25) is 0 Å². The fraction of sp³-hybridized carbons (Fsp3) is 0.533.